The minimum Gasteiger partial charge on any atom is -0.440 e. The second-order valence-electron chi connectivity index (χ2n) is 16.5. The van der Waals surface area contributed by atoms with E-state index in [-0.39, 0.29) is 0 Å². The molecule has 24 heteroatoms. The molecule has 0 N–H and O–H groups in total. The summed E-state index contributed by atoms with van der Waals surface area (Å²) in [5, 5.41) is 0. The van der Waals surface area contributed by atoms with E-state index in [2.05, 4.69) is 78.6 Å². The maximum atomic E-state index is 6.79. The van der Waals surface area contributed by atoms with Crippen LogP contribution >= 0.6 is 0 Å². The van der Waals surface area contributed by atoms with Crippen molar-refractivity contribution in [1.29, 1.82) is 0 Å². The summed E-state index contributed by atoms with van der Waals surface area (Å²) in [6.45, 7) is 48.1. The van der Waals surface area contributed by atoms with Crippen molar-refractivity contribution in [3.05, 3.63) is 0 Å². The first kappa shape index (κ1) is 51.9. The maximum absolute atomic E-state index is 6.79. The number of rotatable bonds is 26. The Morgan fingerprint density at radius 3 is 0.660 bits per heavy atom. The first-order valence-corrected chi connectivity index (χ1v) is 47.6. The molecule has 0 heterocycles. The van der Waals surface area contributed by atoms with Gasteiger partial charge in [0.25, 0.3) is 0 Å². The predicted molar refractivity (Wildman–Crippen MR) is 228 cm³/mol. The molecule has 0 rings (SSSR count). The van der Waals surface area contributed by atoms with Crippen LogP contribution in [0.1, 0.15) is 20.8 Å². The van der Waals surface area contributed by atoms with Gasteiger partial charge >= 0.3 is 86.1 Å². The van der Waals surface area contributed by atoms with Crippen LogP contribution in [0.3, 0.4) is 0 Å². The molecule has 0 aliphatic rings. The van der Waals surface area contributed by atoms with Crippen LogP contribution < -0.4 is 0 Å². The molecule has 0 aromatic rings. The largest absolute Gasteiger partial charge is 0.670 e. The Kier molecular flexibility index (Phi) is 20.1. The third kappa shape index (κ3) is 22.4. The van der Waals surface area contributed by atoms with Crippen molar-refractivity contribution in [1.82, 2.24) is 0 Å². The van der Waals surface area contributed by atoms with Gasteiger partial charge in [0, 0.05) is 19.8 Å². The van der Waals surface area contributed by atoms with E-state index in [9.17, 15) is 0 Å². The molecule has 0 unspecified atom stereocenters. The highest BCUT2D eigenvalue weighted by atomic mass is 28.5. The van der Waals surface area contributed by atoms with Crippen molar-refractivity contribution in [3.63, 3.8) is 0 Å². The lowest BCUT2D eigenvalue weighted by atomic mass is 10.9. The van der Waals surface area contributed by atoms with Crippen LogP contribution in [-0.4, -0.2) is 115 Å². The Bertz CT molecular complexity index is 1010. The van der Waals surface area contributed by atoms with Gasteiger partial charge in [-0.15, -0.1) is 0 Å². The first-order valence-electron chi connectivity index (χ1n) is 17.9. The van der Waals surface area contributed by atoms with Crippen molar-refractivity contribution in [2.24, 2.45) is 0 Å². The molecule has 302 valence electrons. The van der Waals surface area contributed by atoms with E-state index >= 15 is 0 Å². The molecular formula is C26H76O13Si11. The summed E-state index contributed by atoms with van der Waals surface area (Å²) >= 11 is 0. The number of hydrogen-bond donors (Lipinski definition) is 0. The molecule has 0 radical (unpaired) electrons. The second kappa shape index (κ2) is 19.3. The quantitative estimate of drug-likeness (QED) is 0.0781. The highest BCUT2D eigenvalue weighted by molar-refractivity contribution is 6.93. The summed E-state index contributed by atoms with van der Waals surface area (Å²) in [6, 6.07) is 0. The topological polar surface area (TPSA) is 120 Å². The van der Waals surface area contributed by atoms with Crippen LogP contribution in [0.15, 0.2) is 0 Å². The predicted octanol–water partition coefficient (Wildman–Crippen LogP) is 8.00. The average molecular weight is 906 g/mol. The highest BCUT2D eigenvalue weighted by Crippen LogP contribution is 2.31. The zero-order valence-corrected chi connectivity index (χ0v) is 47.2. The van der Waals surface area contributed by atoms with E-state index in [1.165, 1.54) is 0 Å². The molecule has 0 bridgehead atoms. The molecular weight excluding hydrogens is 829 g/mol. The summed E-state index contributed by atoms with van der Waals surface area (Å²) in [4.78, 5) is 0. The molecule has 0 saturated heterocycles. The SMILES string of the molecule is CCO[Si](OCC)(OCC)O[Si](C)(C)O[Si](C)(C)O[Si](C)(C)O[Si](C)(C)O[Si](C)(C)O[Si](C)(C)O[Si](C)(C)O[Si](C)(C)O[Si](C)(C)O[SiH](C)C. The summed E-state index contributed by atoms with van der Waals surface area (Å²) in [5.41, 5.74) is 0. The smallest absolute Gasteiger partial charge is 0.440 e. The van der Waals surface area contributed by atoms with Crippen LogP contribution in [0.4, 0.5) is 0 Å². The van der Waals surface area contributed by atoms with E-state index in [1.54, 1.807) is 0 Å². The molecule has 13 nitrogen and oxygen atoms in total. The zero-order chi connectivity index (χ0) is 39.9. The van der Waals surface area contributed by atoms with Crippen molar-refractivity contribution in [2.75, 3.05) is 19.8 Å². The van der Waals surface area contributed by atoms with Crippen molar-refractivity contribution < 1.29 is 54.4 Å². The summed E-state index contributed by atoms with van der Waals surface area (Å²) in [7, 11) is -28.6. The molecule has 0 amide bonds. The van der Waals surface area contributed by atoms with Gasteiger partial charge in [-0.1, -0.05) is 0 Å². The van der Waals surface area contributed by atoms with E-state index in [0.717, 1.165) is 0 Å². The minimum atomic E-state index is -3.37. The summed E-state index contributed by atoms with van der Waals surface area (Å²) < 4.78 is 84.3. The van der Waals surface area contributed by atoms with Crippen molar-refractivity contribution >= 4 is 95.1 Å². The van der Waals surface area contributed by atoms with Crippen LogP contribution in [0.2, 0.25) is 131 Å². The fourth-order valence-corrected chi connectivity index (χ4v) is 58.3. The molecule has 0 atom stereocenters. The third-order valence-electron chi connectivity index (χ3n) is 5.79. The lowest BCUT2D eigenvalue weighted by molar-refractivity contribution is 0.00147. The van der Waals surface area contributed by atoms with Crippen LogP contribution in [0.25, 0.3) is 0 Å². The Morgan fingerprint density at radius 1 is 0.300 bits per heavy atom. The Labute approximate surface area is 319 Å². The maximum Gasteiger partial charge on any atom is 0.670 e. The molecule has 0 aliphatic carbocycles. The van der Waals surface area contributed by atoms with Gasteiger partial charge in [-0.25, -0.2) is 0 Å². The van der Waals surface area contributed by atoms with E-state index < -0.39 is 95.1 Å². The molecule has 50 heavy (non-hydrogen) atoms. The summed E-state index contributed by atoms with van der Waals surface area (Å²) in [5.74, 6) is 0. The molecule has 0 aliphatic heterocycles. The van der Waals surface area contributed by atoms with Gasteiger partial charge in [0.05, 0.1) is 0 Å². The van der Waals surface area contributed by atoms with Gasteiger partial charge in [-0.3, -0.25) is 0 Å². The average Bonchev–Trinajstić information content (AvgIpc) is 2.70. The molecule has 0 aromatic carbocycles. The van der Waals surface area contributed by atoms with Gasteiger partial charge < -0.3 is 54.4 Å². The molecule has 0 spiro atoms. The highest BCUT2D eigenvalue weighted by Gasteiger charge is 2.54. The van der Waals surface area contributed by atoms with Gasteiger partial charge in [-0.05, 0) is 152 Å². The van der Waals surface area contributed by atoms with E-state index in [4.69, 9.17) is 54.4 Å². The van der Waals surface area contributed by atoms with Crippen molar-refractivity contribution in [3.8, 4) is 0 Å². The lowest BCUT2D eigenvalue weighted by Crippen LogP contribution is -2.63. The van der Waals surface area contributed by atoms with E-state index in [1.807, 2.05) is 73.1 Å². The van der Waals surface area contributed by atoms with Gasteiger partial charge in [0.2, 0.25) is 0 Å². The monoisotopic (exact) mass is 904 g/mol. The third-order valence-corrected chi connectivity index (χ3v) is 46.3. The lowest BCUT2D eigenvalue weighted by Gasteiger charge is -2.44. The van der Waals surface area contributed by atoms with Crippen molar-refractivity contribution in [2.45, 2.75) is 152 Å². The molecule has 0 aromatic heterocycles. The van der Waals surface area contributed by atoms with E-state index in [0.29, 0.717) is 19.8 Å². The first-order chi connectivity index (χ1) is 22.0. The molecule has 0 fully saturated rings. The fraction of sp³-hybridized carbons (Fsp3) is 1.00. The fourth-order valence-electron chi connectivity index (χ4n) is 6.54. The van der Waals surface area contributed by atoms with Gasteiger partial charge in [0.1, 0.15) is 0 Å². The minimum absolute atomic E-state index is 0.411. The standard InChI is InChI=1S/C26H76O13Si11/c1-24-27-50(28-25-2,29-26-3)39-49(22,23)38-48(20,21)37-47(18,19)36-46(16,17)35-45(14,15)34-44(12,13)33-43(10,11)32-42(8,9)31-41(6,7)30-40(4)5/h40H,24-26H2,1-23H3. The van der Waals surface area contributed by atoms with Crippen LogP contribution in [-0.2, 0) is 54.4 Å². The van der Waals surface area contributed by atoms with Gasteiger partial charge in [0.15, 0.2) is 9.04 Å². The number of hydrogen-bond acceptors (Lipinski definition) is 13. The zero-order valence-electron chi connectivity index (χ0n) is 36.0. The van der Waals surface area contributed by atoms with Crippen LogP contribution in [0.5, 0.6) is 0 Å². The normalized spacial score (nSPS) is 15.4. The summed E-state index contributed by atoms with van der Waals surface area (Å²) in [6.07, 6.45) is 0. The second-order valence-corrected chi connectivity index (χ2v) is 53.9. The Balaban J connectivity index is 5.63. The van der Waals surface area contributed by atoms with Crippen LogP contribution in [0, 0.1) is 0 Å². The Morgan fingerprint density at radius 2 is 0.480 bits per heavy atom. The molecule has 0 saturated carbocycles. The van der Waals surface area contributed by atoms with Gasteiger partial charge in [-0.2, -0.15) is 0 Å². The Hall–Kier alpha value is 1.87.